The van der Waals surface area contributed by atoms with Crippen LogP contribution in [0.5, 0.6) is 0 Å². The van der Waals surface area contributed by atoms with Crippen LogP contribution in [0.4, 0.5) is 11.4 Å². The minimum Gasteiger partial charge on any atom is -0.409 e. The molecule has 1 unspecified atom stereocenters. The highest BCUT2D eigenvalue weighted by Gasteiger charge is 2.36. The SMILES string of the molecule is CCC(C)(C(=O)Nc1cccc(NC(C)=O)c1)/C(N)=N/O. The fourth-order valence-electron chi connectivity index (χ4n) is 1.72. The molecule has 0 radical (unpaired) electrons. The van der Waals surface area contributed by atoms with Gasteiger partial charge in [-0.25, -0.2) is 0 Å². The third-order valence-electron chi connectivity index (χ3n) is 3.32. The Morgan fingerprint density at radius 2 is 1.90 bits per heavy atom. The summed E-state index contributed by atoms with van der Waals surface area (Å²) in [7, 11) is 0. The average Bonchev–Trinajstić information content (AvgIpc) is 2.45. The van der Waals surface area contributed by atoms with Crippen molar-refractivity contribution >= 4 is 29.0 Å². The third kappa shape index (κ3) is 3.95. The van der Waals surface area contributed by atoms with E-state index in [1.807, 2.05) is 0 Å². The normalized spacial score (nSPS) is 14.1. The second kappa shape index (κ2) is 6.74. The van der Waals surface area contributed by atoms with Crippen molar-refractivity contribution in [3.05, 3.63) is 24.3 Å². The van der Waals surface area contributed by atoms with Gasteiger partial charge in [-0.15, -0.1) is 0 Å². The Kier molecular flexibility index (Phi) is 5.29. The van der Waals surface area contributed by atoms with E-state index in [1.54, 1.807) is 38.1 Å². The number of nitrogens with zero attached hydrogens (tertiary/aromatic N) is 1. The van der Waals surface area contributed by atoms with Gasteiger partial charge in [-0.05, 0) is 31.5 Å². The van der Waals surface area contributed by atoms with Gasteiger partial charge in [0.2, 0.25) is 11.8 Å². The molecule has 0 saturated carbocycles. The van der Waals surface area contributed by atoms with Crippen LogP contribution in [0.2, 0.25) is 0 Å². The second-order valence-corrected chi connectivity index (χ2v) is 4.89. The molecule has 0 aromatic heterocycles. The summed E-state index contributed by atoms with van der Waals surface area (Å²) >= 11 is 0. The highest BCUT2D eigenvalue weighted by Crippen LogP contribution is 2.24. The predicted molar refractivity (Wildman–Crippen MR) is 81.2 cm³/mol. The molecule has 0 heterocycles. The van der Waals surface area contributed by atoms with Crippen molar-refractivity contribution in [3.63, 3.8) is 0 Å². The summed E-state index contributed by atoms with van der Waals surface area (Å²) in [5, 5.41) is 17.0. The molecule has 7 heteroatoms. The zero-order valence-corrected chi connectivity index (χ0v) is 12.3. The smallest absolute Gasteiger partial charge is 0.238 e. The third-order valence-corrected chi connectivity index (χ3v) is 3.32. The monoisotopic (exact) mass is 292 g/mol. The summed E-state index contributed by atoms with van der Waals surface area (Å²) in [6.45, 7) is 4.76. The predicted octanol–water partition coefficient (Wildman–Crippen LogP) is 1.75. The van der Waals surface area contributed by atoms with Gasteiger partial charge in [0.25, 0.3) is 0 Å². The molecule has 0 aliphatic carbocycles. The lowest BCUT2D eigenvalue weighted by Crippen LogP contribution is -2.44. The Hall–Kier alpha value is -2.57. The number of oxime groups is 1. The van der Waals surface area contributed by atoms with Gasteiger partial charge in [0.05, 0.1) is 0 Å². The highest BCUT2D eigenvalue weighted by molar-refractivity contribution is 6.11. The van der Waals surface area contributed by atoms with Crippen LogP contribution in [0.1, 0.15) is 27.2 Å². The first kappa shape index (κ1) is 16.5. The fourth-order valence-corrected chi connectivity index (χ4v) is 1.72. The minimum atomic E-state index is -1.11. The molecular formula is C14H20N4O3. The van der Waals surface area contributed by atoms with Gasteiger partial charge in [0.1, 0.15) is 5.41 Å². The first-order chi connectivity index (χ1) is 9.83. The van der Waals surface area contributed by atoms with Crippen molar-refractivity contribution in [1.82, 2.24) is 0 Å². The number of carbonyl (C=O) groups excluding carboxylic acids is 2. The van der Waals surface area contributed by atoms with E-state index in [0.29, 0.717) is 17.8 Å². The Morgan fingerprint density at radius 1 is 1.33 bits per heavy atom. The average molecular weight is 292 g/mol. The van der Waals surface area contributed by atoms with E-state index < -0.39 is 5.41 Å². The van der Waals surface area contributed by atoms with Crippen LogP contribution in [0.25, 0.3) is 0 Å². The summed E-state index contributed by atoms with van der Waals surface area (Å²) in [5.74, 6) is -0.741. The zero-order valence-electron chi connectivity index (χ0n) is 12.3. The van der Waals surface area contributed by atoms with E-state index >= 15 is 0 Å². The van der Waals surface area contributed by atoms with Crippen LogP contribution in [0.15, 0.2) is 29.4 Å². The first-order valence-electron chi connectivity index (χ1n) is 6.50. The summed E-state index contributed by atoms with van der Waals surface area (Å²) in [4.78, 5) is 23.4. The molecule has 0 aliphatic rings. The van der Waals surface area contributed by atoms with Crippen molar-refractivity contribution in [2.75, 3.05) is 10.6 Å². The van der Waals surface area contributed by atoms with Crippen LogP contribution in [-0.2, 0) is 9.59 Å². The van der Waals surface area contributed by atoms with Crippen molar-refractivity contribution in [2.45, 2.75) is 27.2 Å². The molecule has 0 saturated heterocycles. The number of rotatable bonds is 5. The Morgan fingerprint density at radius 3 is 2.38 bits per heavy atom. The van der Waals surface area contributed by atoms with Crippen molar-refractivity contribution in [3.8, 4) is 0 Å². The number of amides is 2. The number of anilines is 2. The number of hydrogen-bond donors (Lipinski definition) is 4. The lowest BCUT2D eigenvalue weighted by molar-refractivity contribution is -0.121. The van der Waals surface area contributed by atoms with Gasteiger partial charge in [-0.2, -0.15) is 0 Å². The maximum Gasteiger partial charge on any atom is 0.238 e. The van der Waals surface area contributed by atoms with Crippen molar-refractivity contribution in [2.24, 2.45) is 16.3 Å². The number of carbonyl (C=O) groups is 2. The molecule has 1 aromatic rings. The standard InChI is InChI=1S/C14H20N4O3/c1-4-14(3,12(15)18-21)13(20)17-11-7-5-6-10(8-11)16-9(2)19/h5-8,21H,4H2,1-3H3,(H2,15,18)(H,16,19)(H,17,20). The topological polar surface area (TPSA) is 117 Å². The van der Waals surface area contributed by atoms with Gasteiger partial charge in [0.15, 0.2) is 5.84 Å². The molecule has 114 valence electrons. The minimum absolute atomic E-state index is 0.152. The Bertz CT molecular complexity index is 571. The van der Waals surface area contributed by atoms with E-state index in [2.05, 4.69) is 15.8 Å². The molecule has 1 aromatic carbocycles. The molecule has 1 rings (SSSR count). The van der Waals surface area contributed by atoms with Crippen molar-refractivity contribution in [1.29, 1.82) is 0 Å². The van der Waals surface area contributed by atoms with E-state index in [-0.39, 0.29) is 17.6 Å². The summed E-state index contributed by atoms with van der Waals surface area (Å²) < 4.78 is 0. The molecule has 0 fully saturated rings. The molecular weight excluding hydrogens is 272 g/mol. The quantitative estimate of drug-likeness (QED) is 0.286. The molecule has 2 amide bonds. The maximum atomic E-state index is 12.3. The van der Waals surface area contributed by atoms with E-state index in [1.165, 1.54) is 6.92 Å². The van der Waals surface area contributed by atoms with Gasteiger partial charge in [-0.3, -0.25) is 9.59 Å². The number of amidine groups is 1. The molecule has 0 bridgehead atoms. The second-order valence-electron chi connectivity index (χ2n) is 4.89. The van der Waals surface area contributed by atoms with Gasteiger partial charge < -0.3 is 21.6 Å². The van der Waals surface area contributed by atoms with Gasteiger partial charge in [-0.1, -0.05) is 18.1 Å². The van der Waals surface area contributed by atoms with E-state index in [4.69, 9.17) is 10.9 Å². The molecule has 0 aliphatic heterocycles. The Balaban J connectivity index is 2.95. The largest absolute Gasteiger partial charge is 0.409 e. The summed E-state index contributed by atoms with van der Waals surface area (Å²) in [5.41, 5.74) is 5.56. The maximum absolute atomic E-state index is 12.3. The lowest BCUT2D eigenvalue weighted by atomic mass is 9.85. The van der Waals surface area contributed by atoms with Crippen molar-refractivity contribution < 1.29 is 14.8 Å². The van der Waals surface area contributed by atoms with Gasteiger partial charge >= 0.3 is 0 Å². The van der Waals surface area contributed by atoms with Crippen LogP contribution < -0.4 is 16.4 Å². The molecule has 0 spiro atoms. The van der Waals surface area contributed by atoms with Crippen LogP contribution in [-0.4, -0.2) is 22.9 Å². The highest BCUT2D eigenvalue weighted by atomic mass is 16.4. The van der Waals surface area contributed by atoms with Gasteiger partial charge in [0, 0.05) is 18.3 Å². The van der Waals surface area contributed by atoms with E-state index in [9.17, 15) is 9.59 Å². The number of nitrogens with two attached hydrogens (primary N) is 1. The molecule has 7 nitrogen and oxygen atoms in total. The fraction of sp³-hybridized carbons (Fsp3) is 0.357. The van der Waals surface area contributed by atoms with E-state index in [0.717, 1.165) is 0 Å². The molecule has 5 N–H and O–H groups in total. The number of nitrogens with one attached hydrogen (secondary N) is 2. The van der Waals surface area contributed by atoms with Crippen LogP contribution in [0.3, 0.4) is 0 Å². The summed E-state index contributed by atoms with van der Waals surface area (Å²) in [6, 6.07) is 6.72. The number of hydrogen-bond acceptors (Lipinski definition) is 4. The molecule has 21 heavy (non-hydrogen) atoms. The number of benzene rings is 1. The van der Waals surface area contributed by atoms with Crippen LogP contribution in [0, 0.1) is 5.41 Å². The summed E-state index contributed by atoms with van der Waals surface area (Å²) in [6.07, 6.45) is 0.375. The zero-order chi connectivity index (χ0) is 16.0. The van der Waals surface area contributed by atoms with Crippen LogP contribution >= 0.6 is 0 Å². The first-order valence-corrected chi connectivity index (χ1v) is 6.50. The Labute approximate surface area is 123 Å². The molecule has 1 atom stereocenters. The lowest BCUT2D eigenvalue weighted by Gasteiger charge is -2.25.